The molecule has 0 amide bonds. The lowest BCUT2D eigenvalue weighted by Gasteiger charge is -2.35. The Labute approximate surface area is 107 Å². The summed E-state index contributed by atoms with van der Waals surface area (Å²) in [5.74, 6) is 0.771. The maximum absolute atomic E-state index is 6.19. The molecule has 0 aliphatic heterocycles. The Bertz CT molecular complexity index is 492. The monoisotopic (exact) mass is 246 g/mol. The van der Waals surface area contributed by atoms with Gasteiger partial charge >= 0.3 is 0 Å². The average Bonchev–Trinajstić information content (AvgIpc) is 2.38. The first kappa shape index (κ1) is 12.8. The summed E-state index contributed by atoms with van der Waals surface area (Å²) in [6.45, 7) is 0. The standard InChI is InChI=1S/C14H18N2O2/c1-17-11-6-3-5-10(9-11)12-7-4-8-13(18-2)14(12,15)16/h3-9,13H,15-16H2,1-2H3/t13-/m1/s1. The molecule has 0 bridgehead atoms. The van der Waals surface area contributed by atoms with Gasteiger partial charge in [0.2, 0.25) is 0 Å². The summed E-state index contributed by atoms with van der Waals surface area (Å²) in [6, 6.07) is 7.65. The van der Waals surface area contributed by atoms with Crippen LogP contribution in [0.25, 0.3) is 5.57 Å². The van der Waals surface area contributed by atoms with E-state index >= 15 is 0 Å². The molecule has 2 rings (SSSR count). The van der Waals surface area contributed by atoms with Crippen LogP contribution in [-0.4, -0.2) is 26.0 Å². The largest absolute Gasteiger partial charge is 0.497 e. The quantitative estimate of drug-likeness (QED) is 0.788. The molecule has 0 radical (unpaired) electrons. The molecular weight excluding hydrogens is 228 g/mol. The molecule has 0 fully saturated rings. The molecule has 18 heavy (non-hydrogen) atoms. The first-order chi connectivity index (χ1) is 8.59. The third-order valence-corrected chi connectivity index (χ3v) is 3.12. The normalized spacial score (nSPS) is 21.6. The Morgan fingerprint density at radius 1 is 1.22 bits per heavy atom. The SMILES string of the molecule is COc1cccc(C2=CC=C[C@@H](OC)C2(N)N)c1. The molecule has 4 N–H and O–H groups in total. The van der Waals surface area contributed by atoms with Crippen molar-refractivity contribution in [2.75, 3.05) is 14.2 Å². The van der Waals surface area contributed by atoms with Crippen LogP contribution in [0.3, 0.4) is 0 Å². The van der Waals surface area contributed by atoms with E-state index in [-0.39, 0.29) is 6.10 Å². The highest BCUT2D eigenvalue weighted by atomic mass is 16.5. The lowest BCUT2D eigenvalue weighted by Crippen LogP contribution is -2.60. The van der Waals surface area contributed by atoms with Gasteiger partial charge in [0.05, 0.1) is 7.11 Å². The third kappa shape index (κ3) is 2.18. The molecule has 0 unspecified atom stereocenters. The molecule has 1 aliphatic rings. The predicted molar refractivity (Wildman–Crippen MR) is 72.0 cm³/mol. The molecule has 1 aliphatic carbocycles. The van der Waals surface area contributed by atoms with Crippen LogP contribution >= 0.6 is 0 Å². The van der Waals surface area contributed by atoms with Gasteiger partial charge in [0.1, 0.15) is 17.5 Å². The van der Waals surface area contributed by atoms with E-state index in [0.717, 1.165) is 16.9 Å². The second kappa shape index (κ2) is 4.94. The maximum Gasteiger partial charge on any atom is 0.121 e. The van der Waals surface area contributed by atoms with Gasteiger partial charge in [0.25, 0.3) is 0 Å². The smallest absolute Gasteiger partial charge is 0.121 e. The summed E-state index contributed by atoms with van der Waals surface area (Å²) in [6.07, 6.45) is 5.32. The van der Waals surface area contributed by atoms with Crippen LogP contribution in [0.2, 0.25) is 0 Å². The van der Waals surface area contributed by atoms with Crippen LogP contribution in [0, 0.1) is 0 Å². The molecule has 0 saturated carbocycles. The van der Waals surface area contributed by atoms with E-state index in [9.17, 15) is 0 Å². The zero-order valence-electron chi connectivity index (χ0n) is 10.6. The van der Waals surface area contributed by atoms with E-state index < -0.39 is 5.66 Å². The van der Waals surface area contributed by atoms with Crippen LogP contribution in [0.15, 0.2) is 42.5 Å². The minimum atomic E-state index is -1.05. The number of nitrogens with two attached hydrogens (primary N) is 2. The van der Waals surface area contributed by atoms with Crippen LogP contribution in [-0.2, 0) is 4.74 Å². The molecule has 1 aromatic rings. The van der Waals surface area contributed by atoms with Crippen molar-refractivity contribution in [2.24, 2.45) is 11.5 Å². The van der Waals surface area contributed by atoms with Crippen LogP contribution in [0.5, 0.6) is 5.75 Å². The van der Waals surface area contributed by atoms with Gasteiger partial charge in [-0.15, -0.1) is 0 Å². The molecule has 0 spiro atoms. The van der Waals surface area contributed by atoms with Gasteiger partial charge in [-0.25, -0.2) is 0 Å². The van der Waals surface area contributed by atoms with Gasteiger partial charge in [-0.2, -0.15) is 0 Å². The summed E-state index contributed by atoms with van der Waals surface area (Å²) in [7, 11) is 3.22. The van der Waals surface area contributed by atoms with Crippen molar-refractivity contribution in [1.29, 1.82) is 0 Å². The minimum absolute atomic E-state index is 0.344. The van der Waals surface area contributed by atoms with Gasteiger partial charge in [-0.3, -0.25) is 0 Å². The van der Waals surface area contributed by atoms with Crippen LogP contribution in [0.1, 0.15) is 5.56 Å². The molecule has 1 aromatic carbocycles. The Morgan fingerprint density at radius 3 is 2.67 bits per heavy atom. The second-order valence-corrected chi connectivity index (χ2v) is 4.29. The van der Waals surface area contributed by atoms with E-state index in [1.807, 2.05) is 42.5 Å². The van der Waals surface area contributed by atoms with E-state index in [2.05, 4.69) is 0 Å². The Balaban J connectivity index is 2.43. The number of benzene rings is 1. The molecule has 4 heteroatoms. The molecule has 96 valence electrons. The number of ether oxygens (including phenoxy) is 2. The molecule has 0 saturated heterocycles. The summed E-state index contributed by atoms with van der Waals surface area (Å²) in [4.78, 5) is 0. The molecule has 1 atom stereocenters. The first-order valence-corrected chi connectivity index (χ1v) is 5.73. The van der Waals surface area contributed by atoms with E-state index in [4.69, 9.17) is 20.9 Å². The third-order valence-electron chi connectivity index (χ3n) is 3.12. The van der Waals surface area contributed by atoms with Gasteiger partial charge in [-0.05, 0) is 23.3 Å². The Kier molecular flexibility index (Phi) is 3.52. The number of methoxy groups -OCH3 is 2. The molecule has 0 heterocycles. The first-order valence-electron chi connectivity index (χ1n) is 5.73. The van der Waals surface area contributed by atoms with Crippen molar-refractivity contribution in [3.05, 3.63) is 48.1 Å². The van der Waals surface area contributed by atoms with Crippen molar-refractivity contribution in [3.63, 3.8) is 0 Å². The Hall–Kier alpha value is -1.62. The summed E-state index contributed by atoms with van der Waals surface area (Å²) in [5, 5.41) is 0. The lowest BCUT2D eigenvalue weighted by atomic mass is 9.85. The van der Waals surface area contributed by atoms with Gasteiger partial charge in [0, 0.05) is 7.11 Å². The number of hydrogen-bond donors (Lipinski definition) is 2. The highest BCUT2D eigenvalue weighted by molar-refractivity contribution is 5.76. The molecule has 0 aromatic heterocycles. The van der Waals surface area contributed by atoms with Crippen molar-refractivity contribution < 1.29 is 9.47 Å². The predicted octanol–water partition coefficient (Wildman–Crippen LogP) is 1.28. The van der Waals surface area contributed by atoms with E-state index in [1.54, 1.807) is 14.2 Å². The Morgan fingerprint density at radius 2 is 2.00 bits per heavy atom. The minimum Gasteiger partial charge on any atom is -0.497 e. The fraction of sp³-hybridized carbons (Fsp3) is 0.286. The lowest BCUT2D eigenvalue weighted by molar-refractivity contribution is 0.0961. The summed E-state index contributed by atoms with van der Waals surface area (Å²) >= 11 is 0. The zero-order valence-corrected chi connectivity index (χ0v) is 10.6. The maximum atomic E-state index is 6.19. The highest BCUT2D eigenvalue weighted by Gasteiger charge is 2.35. The van der Waals surface area contributed by atoms with Gasteiger partial charge in [0.15, 0.2) is 0 Å². The summed E-state index contributed by atoms with van der Waals surface area (Å²) < 4.78 is 10.5. The van der Waals surface area contributed by atoms with E-state index in [0.29, 0.717) is 0 Å². The number of rotatable bonds is 3. The van der Waals surface area contributed by atoms with Crippen molar-refractivity contribution >= 4 is 5.57 Å². The van der Waals surface area contributed by atoms with Crippen molar-refractivity contribution in [2.45, 2.75) is 11.8 Å². The molecule has 4 nitrogen and oxygen atoms in total. The summed E-state index contributed by atoms with van der Waals surface area (Å²) in [5.41, 5.74) is 13.1. The fourth-order valence-corrected chi connectivity index (χ4v) is 2.12. The van der Waals surface area contributed by atoms with Gasteiger partial charge < -0.3 is 20.9 Å². The fourth-order valence-electron chi connectivity index (χ4n) is 2.12. The highest BCUT2D eigenvalue weighted by Crippen LogP contribution is 2.31. The van der Waals surface area contributed by atoms with Crippen LogP contribution < -0.4 is 16.2 Å². The van der Waals surface area contributed by atoms with Crippen LogP contribution in [0.4, 0.5) is 0 Å². The van der Waals surface area contributed by atoms with Crippen molar-refractivity contribution in [1.82, 2.24) is 0 Å². The molecular formula is C14H18N2O2. The number of allylic oxidation sites excluding steroid dienone is 2. The van der Waals surface area contributed by atoms with Crippen molar-refractivity contribution in [3.8, 4) is 5.75 Å². The number of hydrogen-bond acceptors (Lipinski definition) is 4. The second-order valence-electron chi connectivity index (χ2n) is 4.29. The zero-order chi connectivity index (χ0) is 13.2. The van der Waals surface area contributed by atoms with E-state index in [1.165, 1.54) is 0 Å². The van der Waals surface area contributed by atoms with Gasteiger partial charge in [-0.1, -0.05) is 30.4 Å². The average molecular weight is 246 g/mol. The topological polar surface area (TPSA) is 70.5 Å².